The van der Waals surface area contributed by atoms with Crippen molar-refractivity contribution in [3.8, 4) is 0 Å². The van der Waals surface area contributed by atoms with Crippen molar-refractivity contribution in [3.05, 3.63) is 0 Å². The van der Waals surface area contributed by atoms with E-state index in [0.29, 0.717) is 11.8 Å². The van der Waals surface area contributed by atoms with Gasteiger partial charge < -0.3 is 19.6 Å². The van der Waals surface area contributed by atoms with Crippen molar-refractivity contribution in [3.63, 3.8) is 0 Å². The monoisotopic (exact) mass is 368 g/mol. The summed E-state index contributed by atoms with van der Waals surface area (Å²) >= 11 is 0. The third-order valence-electron chi connectivity index (χ3n) is 5.30. The molecule has 2 aliphatic heterocycles. The van der Waals surface area contributed by atoms with Crippen LogP contribution < -0.4 is 0 Å². The summed E-state index contributed by atoms with van der Waals surface area (Å²) in [5.41, 5.74) is -0.464. The molecule has 0 aromatic rings. The molecule has 26 heavy (non-hydrogen) atoms. The number of nitrogens with zero attached hydrogens (tertiary/aromatic N) is 2. The minimum Gasteiger partial charge on any atom is -0.481 e. The molecule has 0 saturated carbocycles. The second kappa shape index (κ2) is 8.73. The zero-order valence-corrected chi connectivity index (χ0v) is 16.2. The predicted octanol–water partition coefficient (Wildman–Crippen LogP) is 2.74. The summed E-state index contributed by atoms with van der Waals surface area (Å²) in [6.45, 7) is 8.54. The molecule has 0 radical (unpaired) electrons. The van der Waals surface area contributed by atoms with Gasteiger partial charge in [0, 0.05) is 32.6 Å². The number of hydrogen-bond acceptors (Lipinski definition) is 4. The maximum absolute atomic E-state index is 12.1. The number of carbonyl (C=O) groups is 3. The number of ether oxygens (including phenoxy) is 1. The Labute approximate surface area is 155 Å². The van der Waals surface area contributed by atoms with Gasteiger partial charge in [0.25, 0.3) is 0 Å². The number of piperidine rings is 2. The van der Waals surface area contributed by atoms with E-state index in [-0.39, 0.29) is 24.8 Å². The minimum atomic E-state index is -0.926. The van der Waals surface area contributed by atoms with Gasteiger partial charge in [-0.3, -0.25) is 9.59 Å². The smallest absolute Gasteiger partial charge is 0.410 e. The summed E-state index contributed by atoms with van der Waals surface area (Å²) in [5.74, 6) is 0.194. The van der Waals surface area contributed by atoms with E-state index in [1.54, 1.807) is 9.80 Å². The molecule has 0 bridgehead atoms. The largest absolute Gasteiger partial charge is 0.481 e. The molecule has 2 saturated heterocycles. The number of likely N-dealkylation sites (tertiary alicyclic amines) is 2. The fourth-order valence-corrected chi connectivity index (χ4v) is 3.87. The number of amides is 2. The number of aliphatic carboxylic acids is 1. The van der Waals surface area contributed by atoms with E-state index < -0.39 is 11.6 Å². The van der Waals surface area contributed by atoms with E-state index in [9.17, 15) is 14.4 Å². The number of carboxylic acids is 1. The average Bonchev–Trinajstić information content (AvgIpc) is 2.58. The molecular formula is C19H32N2O5. The van der Waals surface area contributed by atoms with Crippen LogP contribution in [-0.2, 0) is 14.3 Å². The minimum absolute atomic E-state index is 0.0504. The highest BCUT2D eigenvalue weighted by Crippen LogP contribution is 2.33. The van der Waals surface area contributed by atoms with Crippen molar-refractivity contribution in [1.82, 2.24) is 9.80 Å². The summed E-state index contributed by atoms with van der Waals surface area (Å²) in [4.78, 5) is 38.4. The first-order valence-electron chi connectivity index (χ1n) is 9.63. The Balaban J connectivity index is 1.72. The number of carbonyl (C=O) groups excluding carboxylic acids is 2. The van der Waals surface area contributed by atoms with Gasteiger partial charge in [-0.05, 0) is 58.3 Å². The van der Waals surface area contributed by atoms with E-state index in [1.807, 2.05) is 20.8 Å². The van der Waals surface area contributed by atoms with E-state index in [4.69, 9.17) is 9.84 Å². The molecular weight excluding hydrogens is 336 g/mol. The number of carboxylic acid groups (broad SMARTS) is 1. The maximum Gasteiger partial charge on any atom is 0.410 e. The Morgan fingerprint density at radius 3 is 1.77 bits per heavy atom. The van der Waals surface area contributed by atoms with Crippen LogP contribution in [0.2, 0.25) is 0 Å². The molecule has 7 heteroatoms. The second-order valence-electron chi connectivity index (χ2n) is 8.42. The zero-order valence-electron chi connectivity index (χ0n) is 16.2. The molecule has 0 spiro atoms. The topological polar surface area (TPSA) is 87.2 Å². The highest BCUT2D eigenvalue weighted by Gasteiger charge is 2.33. The summed E-state index contributed by atoms with van der Waals surface area (Å²) in [6, 6.07) is 0. The van der Waals surface area contributed by atoms with E-state index in [0.717, 1.165) is 51.9 Å². The van der Waals surface area contributed by atoms with Crippen LogP contribution in [0.1, 0.15) is 59.3 Å². The van der Waals surface area contributed by atoms with Gasteiger partial charge in [0.15, 0.2) is 0 Å². The Morgan fingerprint density at radius 2 is 1.35 bits per heavy atom. The van der Waals surface area contributed by atoms with Gasteiger partial charge in [-0.1, -0.05) is 0 Å². The van der Waals surface area contributed by atoms with Gasteiger partial charge in [-0.15, -0.1) is 0 Å². The molecule has 0 atom stereocenters. The van der Waals surface area contributed by atoms with Crippen LogP contribution >= 0.6 is 0 Å². The van der Waals surface area contributed by atoms with Crippen molar-refractivity contribution in [2.24, 2.45) is 11.8 Å². The standard InChI is InChI=1S/C19H32N2O5/c1-19(2,3)26-18(25)21-12-8-15(9-13-21)14-6-10-20(11-7-14)16(22)4-5-17(23)24/h14-15H,4-13H2,1-3H3,(H,23,24). The molecule has 2 rings (SSSR count). The maximum atomic E-state index is 12.1. The predicted molar refractivity (Wildman–Crippen MR) is 96.7 cm³/mol. The lowest BCUT2D eigenvalue weighted by molar-refractivity contribution is -0.141. The van der Waals surface area contributed by atoms with Gasteiger partial charge in [0.1, 0.15) is 5.60 Å². The number of rotatable bonds is 4. The molecule has 1 N–H and O–H groups in total. The average molecular weight is 368 g/mol. The van der Waals surface area contributed by atoms with Crippen molar-refractivity contribution in [1.29, 1.82) is 0 Å². The van der Waals surface area contributed by atoms with Gasteiger partial charge in [-0.25, -0.2) is 4.79 Å². The van der Waals surface area contributed by atoms with Crippen LogP contribution in [0.25, 0.3) is 0 Å². The van der Waals surface area contributed by atoms with Crippen molar-refractivity contribution in [2.75, 3.05) is 26.2 Å². The van der Waals surface area contributed by atoms with Gasteiger partial charge in [0.2, 0.25) is 5.91 Å². The lowest BCUT2D eigenvalue weighted by Gasteiger charge is -2.40. The third-order valence-corrected chi connectivity index (χ3v) is 5.30. The Hall–Kier alpha value is -1.79. The first-order chi connectivity index (χ1) is 12.2. The molecule has 2 amide bonds. The van der Waals surface area contributed by atoms with Crippen molar-refractivity contribution in [2.45, 2.75) is 64.9 Å². The first-order valence-corrected chi connectivity index (χ1v) is 9.63. The zero-order chi connectivity index (χ0) is 19.3. The summed E-state index contributed by atoms with van der Waals surface area (Å²) in [7, 11) is 0. The van der Waals surface area contributed by atoms with E-state index in [1.165, 1.54) is 0 Å². The Morgan fingerprint density at radius 1 is 0.885 bits per heavy atom. The summed E-state index contributed by atoms with van der Waals surface area (Å²) < 4.78 is 5.44. The molecule has 2 heterocycles. The Kier molecular flexibility index (Phi) is 6.89. The van der Waals surface area contributed by atoms with Crippen LogP contribution in [-0.4, -0.2) is 64.7 Å². The lowest BCUT2D eigenvalue weighted by atomic mass is 9.79. The van der Waals surface area contributed by atoms with Crippen molar-refractivity contribution < 1.29 is 24.2 Å². The molecule has 0 aromatic carbocycles. The first kappa shape index (κ1) is 20.5. The molecule has 148 valence electrons. The summed E-state index contributed by atoms with van der Waals surface area (Å²) in [5, 5.41) is 8.69. The summed E-state index contributed by atoms with van der Waals surface area (Å²) in [6.07, 6.45) is 3.67. The Bertz CT molecular complexity index is 513. The van der Waals surface area contributed by atoms with Crippen LogP contribution in [0.5, 0.6) is 0 Å². The quantitative estimate of drug-likeness (QED) is 0.824. The normalized spacial score (nSPS) is 20.1. The number of hydrogen-bond donors (Lipinski definition) is 1. The molecule has 0 aliphatic carbocycles. The van der Waals surface area contributed by atoms with Gasteiger partial charge >= 0.3 is 12.1 Å². The van der Waals surface area contributed by atoms with E-state index >= 15 is 0 Å². The third kappa shape index (κ3) is 6.18. The second-order valence-corrected chi connectivity index (χ2v) is 8.42. The van der Waals surface area contributed by atoms with Crippen LogP contribution in [0, 0.1) is 11.8 Å². The van der Waals surface area contributed by atoms with Crippen LogP contribution in [0.3, 0.4) is 0 Å². The SMILES string of the molecule is CC(C)(C)OC(=O)N1CCC(C2CCN(C(=O)CCC(=O)O)CC2)CC1. The van der Waals surface area contributed by atoms with Gasteiger partial charge in [-0.2, -0.15) is 0 Å². The van der Waals surface area contributed by atoms with Crippen LogP contribution in [0.15, 0.2) is 0 Å². The van der Waals surface area contributed by atoms with Crippen LogP contribution in [0.4, 0.5) is 4.79 Å². The highest BCUT2D eigenvalue weighted by molar-refractivity contribution is 5.80. The molecule has 0 aromatic heterocycles. The fraction of sp³-hybridized carbons (Fsp3) is 0.842. The molecule has 2 aliphatic rings. The molecule has 2 fully saturated rings. The highest BCUT2D eigenvalue weighted by atomic mass is 16.6. The fourth-order valence-electron chi connectivity index (χ4n) is 3.87. The molecule has 0 unspecified atom stereocenters. The van der Waals surface area contributed by atoms with Crippen molar-refractivity contribution >= 4 is 18.0 Å². The molecule has 7 nitrogen and oxygen atoms in total. The van der Waals surface area contributed by atoms with E-state index in [2.05, 4.69) is 0 Å². The lowest BCUT2D eigenvalue weighted by Crippen LogP contribution is -2.45. The van der Waals surface area contributed by atoms with Gasteiger partial charge in [0.05, 0.1) is 6.42 Å².